The summed E-state index contributed by atoms with van der Waals surface area (Å²) in [6.45, 7) is 2.11. The maximum absolute atomic E-state index is 13.1. The highest BCUT2D eigenvalue weighted by atomic mass is 16.5. The van der Waals surface area contributed by atoms with Crippen molar-refractivity contribution in [2.45, 2.75) is 26.2 Å². The first-order valence-corrected chi connectivity index (χ1v) is 10.4. The Kier molecular flexibility index (Phi) is 5.67. The van der Waals surface area contributed by atoms with E-state index in [1.807, 2.05) is 0 Å². The monoisotopic (exact) mass is 422 g/mol. The largest absolute Gasteiger partial charge is 0.497 e. The molecule has 2 aromatic rings. The van der Waals surface area contributed by atoms with E-state index in [9.17, 15) is 14.4 Å². The summed E-state index contributed by atoms with van der Waals surface area (Å²) in [6.07, 6.45) is 2.36. The predicted octanol–water partition coefficient (Wildman–Crippen LogP) is 3.88. The van der Waals surface area contributed by atoms with Gasteiger partial charge in [-0.05, 0) is 49.4 Å². The van der Waals surface area contributed by atoms with Crippen LogP contribution in [-0.4, -0.2) is 31.9 Å². The van der Waals surface area contributed by atoms with Crippen LogP contribution in [0.2, 0.25) is 0 Å². The van der Waals surface area contributed by atoms with E-state index in [0.29, 0.717) is 41.6 Å². The maximum atomic E-state index is 13.1. The summed E-state index contributed by atoms with van der Waals surface area (Å²) < 4.78 is 10.5. The first-order chi connectivity index (χ1) is 14.9. The van der Waals surface area contributed by atoms with Crippen LogP contribution in [0.4, 0.5) is 11.4 Å². The number of para-hydroxylation sites is 1. The van der Waals surface area contributed by atoms with Crippen LogP contribution in [0.15, 0.2) is 42.5 Å². The van der Waals surface area contributed by atoms with Crippen molar-refractivity contribution in [3.63, 3.8) is 0 Å². The van der Waals surface area contributed by atoms with Crippen LogP contribution in [-0.2, 0) is 9.59 Å². The van der Waals surface area contributed by atoms with Gasteiger partial charge >= 0.3 is 0 Å². The first-order valence-electron chi connectivity index (χ1n) is 10.4. The van der Waals surface area contributed by atoms with E-state index in [4.69, 9.17) is 9.47 Å². The Balaban J connectivity index is 1.64. The van der Waals surface area contributed by atoms with Gasteiger partial charge in [0.15, 0.2) is 0 Å². The van der Waals surface area contributed by atoms with Gasteiger partial charge in [-0.25, -0.2) is 4.90 Å². The lowest BCUT2D eigenvalue weighted by Crippen LogP contribution is -2.33. The van der Waals surface area contributed by atoms with Gasteiger partial charge in [-0.3, -0.25) is 14.4 Å². The zero-order valence-electron chi connectivity index (χ0n) is 17.9. The number of methoxy groups -OCH3 is 2. The third kappa shape index (κ3) is 3.76. The van der Waals surface area contributed by atoms with Gasteiger partial charge in [0.25, 0.3) is 5.91 Å². The lowest BCUT2D eigenvalue weighted by molar-refractivity contribution is -0.122. The quantitative estimate of drug-likeness (QED) is 0.739. The molecule has 0 spiro atoms. The Morgan fingerprint density at radius 3 is 2.48 bits per heavy atom. The SMILES string of the molecule is COc1ccc(NC(=O)c2ccccc2N2C(=O)[C@H]3CC[C@@H](C)C[C@H]3C2=O)c(OC)c1. The Hall–Kier alpha value is -3.35. The Morgan fingerprint density at radius 2 is 1.74 bits per heavy atom. The fourth-order valence-corrected chi connectivity index (χ4v) is 4.58. The number of carbonyl (C=O) groups excluding carboxylic acids is 3. The van der Waals surface area contributed by atoms with Gasteiger partial charge in [-0.2, -0.15) is 0 Å². The molecule has 3 amide bonds. The molecule has 7 nitrogen and oxygen atoms in total. The minimum absolute atomic E-state index is 0.204. The number of anilines is 2. The summed E-state index contributed by atoms with van der Waals surface area (Å²) in [5.41, 5.74) is 1.04. The molecular formula is C24H26N2O5. The number of amides is 3. The highest BCUT2D eigenvalue weighted by Gasteiger charge is 2.50. The predicted molar refractivity (Wildman–Crippen MR) is 116 cm³/mol. The zero-order chi connectivity index (χ0) is 22.1. The molecule has 3 atom stereocenters. The minimum atomic E-state index is -0.428. The standard InChI is InChI=1S/C24H26N2O5/c1-14-8-10-16-18(12-14)24(29)26(23(16)28)20-7-5-4-6-17(20)22(27)25-19-11-9-15(30-2)13-21(19)31-3/h4-7,9,11,13-14,16,18H,8,10,12H2,1-3H3,(H,25,27)/t14-,16+,18-/m1/s1. The summed E-state index contributed by atoms with van der Waals surface area (Å²) >= 11 is 0. The second kappa shape index (κ2) is 8.41. The van der Waals surface area contributed by atoms with Gasteiger partial charge in [0.2, 0.25) is 11.8 Å². The molecule has 1 N–H and O–H groups in total. The van der Waals surface area contributed by atoms with Crippen LogP contribution < -0.4 is 19.7 Å². The number of hydrogen-bond donors (Lipinski definition) is 1. The van der Waals surface area contributed by atoms with Crippen molar-refractivity contribution in [2.75, 3.05) is 24.4 Å². The smallest absolute Gasteiger partial charge is 0.257 e. The Bertz CT molecular complexity index is 1030. The zero-order valence-corrected chi connectivity index (χ0v) is 17.9. The lowest BCUT2D eigenvalue weighted by atomic mass is 9.76. The van der Waals surface area contributed by atoms with E-state index in [-0.39, 0.29) is 29.2 Å². The summed E-state index contributed by atoms with van der Waals surface area (Å²) in [6, 6.07) is 11.8. The number of hydrogen-bond acceptors (Lipinski definition) is 5. The third-order valence-corrected chi connectivity index (χ3v) is 6.23. The highest BCUT2D eigenvalue weighted by Crippen LogP contribution is 2.43. The fraction of sp³-hybridized carbons (Fsp3) is 0.375. The van der Waals surface area contributed by atoms with Crippen molar-refractivity contribution in [3.8, 4) is 11.5 Å². The van der Waals surface area contributed by atoms with Crippen molar-refractivity contribution in [3.05, 3.63) is 48.0 Å². The molecule has 1 saturated heterocycles. The number of carbonyl (C=O) groups is 3. The number of imide groups is 1. The first kappa shape index (κ1) is 20.9. The summed E-state index contributed by atoms with van der Waals surface area (Å²) in [5.74, 6) is 0.0318. The number of fused-ring (bicyclic) bond motifs is 1. The number of rotatable bonds is 5. The summed E-state index contributed by atoms with van der Waals surface area (Å²) in [5, 5.41) is 2.82. The molecule has 0 aromatic heterocycles. The molecule has 7 heteroatoms. The van der Waals surface area contributed by atoms with Crippen molar-refractivity contribution in [1.29, 1.82) is 0 Å². The number of nitrogens with one attached hydrogen (secondary N) is 1. The van der Waals surface area contributed by atoms with E-state index in [2.05, 4.69) is 12.2 Å². The Labute approximate surface area is 181 Å². The van der Waals surface area contributed by atoms with Crippen molar-refractivity contribution in [2.24, 2.45) is 17.8 Å². The van der Waals surface area contributed by atoms with Crippen LogP contribution in [0, 0.1) is 17.8 Å². The second-order valence-corrected chi connectivity index (χ2v) is 8.18. The number of nitrogens with zero attached hydrogens (tertiary/aromatic N) is 1. The second-order valence-electron chi connectivity index (χ2n) is 8.18. The van der Waals surface area contributed by atoms with Gasteiger partial charge < -0.3 is 14.8 Å². The molecule has 0 bridgehead atoms. The van der Waals surface area contributed by atoms with E-state index >= 15 is 0 Å². The van der Waals surface area contributed by atoms with Gasteiger partial charge in [0, 0.05) is 6.07 Å². The average Bonchev–Trinajstić information content (AvgIpc) is 3.03. The molecule has 2 aliphatic rings. The van der Waals surface area contributed by atoms with E-state index in [1.165, 1.54) is 12.0 Å². The highest BCUT2D eigenvalue weighted by molar-refractivity contribution is 6.24. The summed E-state index contributed by atoms with van der Waals surface area (Å²) in [7, 11) is 3.05. The molecule has 0 radical (unpaired) electrons. The van der Waals surface area contributed by atoms with Gasteiger partial charge in [-0.15, -0.1) is 0 Å². The third-order valence-electron chi connectivity index (χ3n) is 6.23. The fourth-order valence-electron chi connectivity index (χ4n) is 4.58. The van der Waals surface area contributed by atoms with Crippen molar-refractivity contribution >= 4 is 29.1 Å². The van der Waals surface area contributed by atoms with Crippen molar-refractivity contribution in [1.82, 2.24) is 0 Å². The van der Waals surface area contributed by atoms with Gasteiger partial charge in [-0.1, -0.05) is 19.1 Å². The number of benzene rings is 2. The molecule has 2 fully saturated rings. The van der Waals surface area contributed by atoms with Crippen LogP contribution in [0.3, 0.4) is 0 Å². The van der Waals surface area contributed by atoms with E-state index in [0.717, 1.165) is 6.42 Å². The molecule has 2 aromatic carbocycles. The van der Waals surface area contributed by atoms with E-state index < -0.39 is 5.91 Å². The van der Waals surface area contributed by atoms with Crippen LogP contribution in [0.5, 0.6) is 11.5 Å². The molecular weight excluding hydrogens is 396 g/mol. The molecule has 162 valence electrons. The van der Waals surface area contributed by atoms with Gasteiger partial charge in [0.1, 0.15) is 11.5 Å². The average molecular weight is 422 g/mol. The van der Waals surface area contributed by atoms with Crippen LogP contribution in [0.25, 0.3) is 0 Å². The molecule has 1 heterocycles. The molecule has 1 aliphatic heterocycles. The van der Waals surface area contributed by atoms with Crippen molar-refractivity contribution < 1.29 is 23.9 Å². The molecule has 0 unspecified atom stereocenters. The van der Waals surface area contributed by atoms with Crippen LogP contribution in [0.1, 0.15) is 36.5 Å². The maximum Gasteiger partial charge on any atom is 0.257 e. The van der Waals surface area contributed by atoms with Gasteiger partial charge in [0.05, 0.1) is 43.0 Å². The normalized spacial score (nSPS) is 22.8. The Morgan fingerprint density at radius 1 is 1.00 bits per heavy atom. The molecule has 31 heavy (non-hydrogen) atoms. The lowest BCUT2D eigenvalue weighted by Gasteiger charge is -2.25. The topological polar surface area (TPSA) is 84.9 Å². The molecule has 1 saturated carbocycles. The summed E-state index contributed by atoms with van der Waals surface area (Å²) in [4.78, 5) is 40.6. The molecule has 4 rings (SSSR count). The van der Waals surface area contributed by atoms with Crippen LogP contribution >= 0.6 is 0 Å². The van der Waals surface area contributed by atoms with E-state index in [1.54, 1.807) is 49.6 Å². The number of ether oxygens (including phenoxy) is 2. The minimum Gasteiger partial charge on any atom is -0.497 e. The molecule has 1 aliphatic carbocycles.